The zero-order chi connectivity index (χ0) is 10.6. The van der Waals surface area contributed by atoms with Crippen LogP contribution in [-0.2, 0) is 0 Å². The van der Waals surface area contributed by atoms with Crippen LogP contribution in [0.25, 0.3) is 0 Å². The molecule has 1 saturated carbocycles. The van der Waals surface area contributed by atoms with E-state index in [2.05, 4.69) is 70.0 Å². The third-order valence-electron chi connectivity index (χ3n) is 2.93. The SMILES string of the molecule is CC(C)N(I)CC1(SI)CCCCC1. The second-order valence-electron chi connectivity index (χ2n) is 4.47. The van der Waals surface area contributed by atoms with E-state index in [1.807, 2.05) is 0 Å². The molecular formula is C10H19I2NS. The maximum absolute atomic E-state index is 2.50. The molecule has 0 spiro atoms. The van der Waals surface area contributed by atoms with Gasteiger partial charge in [-0.2, -0.15) is 0 Å². The second-order valence-corrected chi connectivity index (χ2v) is 8.05. The molecule has 0 atom stereocenters. The van der Waals surface area contributed by atoms with Crippen molar-refractivity contribution in [1.29, 1.82) is 0 Å². The Balaban J connectivity index is 2.51. The molecule has 0 aromatic heterocycles. The average molecular weight is 439 g/mol. The fourth-order valence-electron chi connectivity index (χ4n) is 1.91. The molecule has 1 rings (SSSR count). The molecule has 1 fully saturated rings. The molecule has 1 aliphatic rings. The van der Waals surface area contributed by atoms with Gasteiger partial charge in [0.05, 0.1) is 0 Å². The summed E-state index contributed by atoms with van der Waals surface area (Å²) in [6.07, 6.45) is 7.12. The predicted octanol–water partition coefficient (Wildman–Crippen LogP) is 4.83. The summed E-state index contributed by atoms with van der Waals surface area (Å²) >= 11 is 4.99. The van der Waals surface area contributed by atoms with Gasteiger partial charge in [0.15, 0.2) is 0 Å². The highest BCUT2D eigenvalue weighted by Gasteiger charge is 2.34. The van der Waals surface area contributed by atoms with Crippen LogP contribution in [0.5, 0.6) is 0 Å². The van der Waals surface area contributed by atoms with E-state index in [4.69, 9.17) is 0 Å². The molecule has 0 bridgehead atoms. The van der Waals surface area contributed by atoms with Crippen LogP contribution in [-0.4, -0.2) is 20.4 Å². The lowest BCUT2D eigenvalue weighted by Crippen LogP contribution is -2.39. The monoisotopic (exact) mass is 439 g/mol. The molecule has 1 aliphatic carbocycles. The van der Waals surface area contributed by atoms with E-state index in [9.17, 15) is 0 Å². The summed E-state index contributed by atoms with van der Waals surface area (Å²) in [5, 5.41) is 0. The van der Waals surface area contributed by atoms with Gasteiger partial charge < -0.3 is 0 Å². The van der Waals surface area contributed by atoms with Gasteiger partial charge in [-0.05, 0) is 47.9 Å². The van der Waals surface area contributed by atoms with E-state index >= 15 is 0 Å². The van der Waals surface area contributed by atoms with E-state index in [1.165, 1.54) is 38.6 Å². The molecule has 4 heteroatoms. The van der Waals surface area contributed by atoms with E-state index in [1.54, 1.807) is 0 Å². The van der Waals surface area contributed by atoms with Gasteiger partial charge in [-0.25, -0.2) is 3.11 Å². The molecule has 0 aromatic carbocycles. The van der Waals surface area contributed by atoms with Gasteiger partial charge in [-0.1, -0.05) is 28.2 Å². The Morgan fingerprint density at radius 3 is 2.29 bits per heavy atom. The van der Waals surface area contributed by atoms with Gasteiger partial charge in [0.25, 0.3) is 0 Å². The summed E-state index contributed by atoms with van der Waals surface area (Å²) in [7, 11) is 2.06. The molecule has 0 amide bonds. The Kier molecular flexibility index (Phi) is 6.41. The Hall–Kier alpha value is 1.77. The van der Waals surface area contributed by atoms with Crippen molar-refractivity contribution >= 4 is 53.0 Å². The molecule has 84 valence electrons. The fraction of sp³-hybridized carbons (Fsp3) is 1.00. The molecule has 0 N–H and O–H groups in total. The smallest absolute Gasteiger partial charge is 0.0395 e. The summed E-state index contributed by atoms with van der Waals surface area (Å²) in [4.78, 5) is 0. The van der Waals surface area contributed by atoms with Crippen LogP contribution in [0.2, 0.25) is 0 Å². The van der Waals surface area contributed by atoms with E-state index in [0.29, 0.717) is 10.8 Å². The highest BCUT2D eigenvalue weighted by atomic mass is 127. The maximum Gasteiger partial charge on any atom is 0.0395 e. The van der Waals surface area contributed by atoms with Gasteiger partial charge >= 0.3 is 0 Å². The van der Waals surface area contributed by atoms with Crippen LogP contribution in [0.3, 0.4) is 0 Å². The Bertz CT molecular complexity index is 170. The lowest BCUT2D eigenvalue weighted by molar-refractivity contribution is 0.315. The summed E-state index contributed by atoms with van der Waals surface area (Å²) in [6, 6.07) is 0.665. The lowest BCUT2D eigenvalue weighted by Gasteiger charge is -2.38. The third kappa shape index (κ3) is 3.97. The minimum Gasteiger partial charge on any atom is -0.244 e. The molecule has 0 saturated heterocycles. The number of hydrogen-bond donors (Lipinski definition) is 0. The standard InChI is InChI=1S/C10H19I2NS/c1-9(2)13(11)8-10(14-12)6-4-3-5-7-10/h9H,3-8H2,1-2H3. The summed E-state index contributed by atoms with van der Waals surface area (Å²) in [5.74, 6) is 0. The summed E-state index contributed by atoms with van der Waals surface area (Å²) in [5.41, 5.74) is 0. The van der Waals surface area contributed by atoms with E-state index in [-0.39, 0.29) is 0 Å². The van der Waals surface area contributed by atoms with Crippen molar-refractivity contribution in [3.05, 3.63) is 0 Å². The van der Waals surface area contributed by atoms with E-state index < -0.39 is 0 Å². The molecule has 0 unspecified atom stereocenters. The Labute approximate surface area is 118 Å². The van der Waals surface area contributed by atoms with Crippen molar-refractivity contribution in [2.45, 2.75) is 56.7 Å². The maximum atomic E-state index is 2.50. The van der Waals surface area contributed by atoms with Crippen molar-refractivity contribution < 1.29 is 0 Å². The quantitative estimate of drug-likeness (QED) is 0.456. The summed E-state index contributed by atoms with van der Waals surface area (Å²) < 4.78 is 3.01. The molecule has 14 heavy (non-hydrogen) atoms. The second kappa shape index (κ2) is 6.49. The lowest BCUT2D eigenvalue weighted by atomic mass is 9.88. The van der Waals surface area contributed by atoms with Crippen molar-refractivity contribution in [3.8, 4) is 0 Å². The number of halogens is 2. The first-order valence-corrected chi connectivity index (χ1v) is 9.64. The number of nitrogens with zero attached hydrogens (tertiary/aromatic N) is 1. The third-order valence-corrected chi connectivity index (χ3v) is 8.05. The van der Waals surface area contributed by atoms with Crippen molar-refractivity contribution in [1.82, 2.24) is 3.11 Å². The molecule has 0 radical (unpaired) electrons. The van der Waals surface area contributed by atoms with Gasteiger partial charge in [0, 0.05) is 40.2 Å². The zero-order valence-corrected chi connectivity index (χ0v) is 14.1. The van der Waals surface area contributed by atoms with E-state index in [0.717, 1.165) is 0 Å². The summed E-state index contributed by atoms with van der Waals surface area (Å²) in [6.45, 7) is 5.81. The van der Waals surface area contributed by atoms with Crippen LogP contribution in [0.4, 0.5) is 0 Å². The Morgan fingerprint density at radius 2 is 1.86 bits per heavy atom. The molecular weight excluding hydrogens is 420 g/mol. The van der Waals surface area contributed by atoms with Gasteiger partial charge in [-0.15, -0.1) is 0 Å². The van der Waals surface area contributed by atoms with Gasteiger partial charge in [0.1, 0.15) is 0 Å². The normalized spacial score (nSPS) is 21.9. The molecule has 0 aromatic rings. The minimum atomic E-state index is 0.546. The first kappa shape index (κ1) is 13.8. The number of hydrogen-bond acceptors (Lipinski definition) is 2. The van der Waals surface area contributed by atoms with Gasteiger partial charge in [-0.3, -0.25) is 0 Å². The van der Waals surface area contributed by atoms with Crippen LogP contribution < -0.4 is 0 Å². The molecule has 0 heterocycles. The van der Waals surface area contributed by atoms with Gasteiger partial charge in [0.2, 0.25) is 0 Å². The highest BCUT2D eigenvalue weighted by Crippen LogP contribution is 2.44. The highest BCUT2D eigenvalue weighted by molar-refractivity contribution is 14.2. The Morgan fingerprint density at radius 1 is 1.29 bits per heavy atom. The van der Waals surface area contributed by atoms with Crippen LogP contribution >= 0.6 is 53.0 Å². The first-order chi connectivity index (χ1) is 6.59. The average Bonchev–Trinajstić information content (AvgIpc) is 2.19. The van der Waals surface area contributed by atoms with Crippen LogP contribution in [0.15, 0.2) is 0 Å². The van der Waals surface area contributed by atoms with Crippen molar-refractivity contribution in [2.75, 3.05) is 6.54 Å². The van der Waals surface area contributed by atoms with Crippen molar-refractivity contribution in [3.63, 3.8) is 0 Å². The largest absolute Gasteiger partial charge is 0.244 e. The number of rotatable bonds is 4. The minimum absolute atomic E-state index is 0.546. The zero-order valence-electron chi connectivity index (χ0n) is 8.93. The van der Waals surface area contributed by atoms with Crippen LogP contribution in [0, 0.1) is 0 Å². The molecule has 1 nitrogen and oxygen atoms in total. The topological polar surface area (TPSA) is 3.24 Å². The predicted molar refractivity (Wildman–Crippen MR) is 83.3 cm³/mol. The first-order valence-electron chi connectivity index (χ1n) is 5.32. The molecule has 0 aliphatic heterocycles. The van der Waals surface area contributed by atoms with Crippen LogP contribution in [0.1, 0.15) is 46.0 Å². The van der Waals surface area contributed by atoms with Crippen molar-refractivity contribution in [2.24, 2.45) is 0 Å². The fourth-order valence-corrected chi connectivity index (χ4v) is 5.17.